The molecule has 6 heteroatoms. The highest BCUT2D eigenvalue weighted by atomic mass is 32.1. The number of nitrogens with zero attached hydrogens (tertiary/aromatic N) is 2. The largest absolute Gasteiger partial charge is 0.397 e. The van der Waals surface area contributed by atoms with Gasteiger partial charge in [-0.2, -0.15) is 0 Å². The van der Waals surface area contributed by atoms with E-state index >= 15 is 0 Å². The minimum Gasteiger partial charge on any atom is -0.397 e. The van der Waals surface area contributed by atoms with Crippen molar-refractivity contribution in [2.45, 2.75) is 6.54 Å². The standard InChI is InChI=1S/C12H13N3O2S/c1-14(8-10-3-2-6-18-10)12-5-4-9(15(16)17)7-11(12)13/h2-7H,8,13H2,1H3. The molecule has 0 aliphatic rings. The fraction of sp³-hybridized carbons (Fsp3) is 0.167. The van der Waals surface area contributed by atoms with Crippen molar-refractivity contribution in [2.75, 3.05) is 17.7 Å². The number of anilines is 2. The number of hydrogen-bond donors (Lipinski definition) is 1. The Balaban J connectivity index is 2.20. The van der Waals surface area contributed by atoms with Crippen molar-refractivity contribution in [3.05, 3.63) is 50.7 Å². The SMILES string of the molecule is CN(Cc1cccs1)c1ccc([N+](=O)[O-])cc1N. The first-order valence-corrected chi connectivity index (χ1v) is 6.23. The molecular weight excluding hydrogens is 250 g/mol. The summed E-state index contributed by atoms with van der Waals surface area (Å²) in [6.07, 6.45) is 0. The maximum atomic E-state index is 10.6. The van der Waals surface area contributed by atoms with E-state index in [1.54, 1.807) is 17.4 Å². The Bertz CT molecular complexity index is 554. The smallest absolute Gasteiger partial charge is 0.271 e. The Hall–Kier alpha value is -2.08. The number of thiophene rings is 1. The summed E-state index contributed by atoms with van der Waals surface area (Å²) < 4.78 is 0. The predicted molar refractivity (Wildman–Crippen MR) is 73.9 cm³/mol. The van der Waals surface area contributed by atoms with Crippen LogP contribution in [0, 0.1) is 10.1 Å². The Kier molecular flexibility index (Phi) is 3.47. The van der Waals surface area contributed by atoms with Gasteiger partial charge in [0.15, 0.2) is 0 Å². The zero-order valence-electron chi connectivity index (χ0n) is 9.87. The molecule has 18 heavy (non-hydrogen) atoms. The summed E-state index contributed by atoms with van der Waals surface area (Å²) in [4.78, 5) is 13.4. The van der Waals surface area contributed by atoms with Crippen molar-refractivity contribution in [1.82, 2.24) is 0 Å². The van der Waals surface area contributed by atoms with Crippen LogP contribution in [0.1, 0.15) is 4.88 Å². The molecule has 1 heterocycles. The summed E-state index contributed by atoms with van der Waals surface area (Å²) >= 11 is 1.67. The number of rotatable bonds is 4. The van der Waals surface area contributed by atoms with Gasteiger partial charge >= 0.3 is 0 Å². The molecule has 0 aliphatic carbocycles. The second kappa shape index (κ2) is 5.05. The van der Waals surface area contributed by atoms with E-state index in [0.717, 1.165) is 12.2 Å². The van der Waals surface area contributed by atoms with Gasteiger partial charge in [-0.15, -0.1) is 11.3 Å². The van der Waals surface area contributed by atoms with Crippen LogP contribution in [0.25, 0.3) is 0 Å². The molecule has 2 N–H and O–H groups in total. The summed E-state index contributed by atoms with van der Waals surface area (Å²) in [6.45, 7) is 0.736. The Morgan fingerprint density at radius 2 is 2.22 bits per heavy atom. The number of hydrogen-bond acceptors (Lipinski definition) is 5. The summed E-state index contributed by atoms with van der Waals surface area (Å²) in [6, 6.07) is 8.58. The summed E-state index contributed by atoms with van der Waals surface area (Å²) in [5.41, 5.74) is 7.08. The van der Waals surface area contributed by atoms with E-state index in [0.29, 0.717) is 5.69 Å². The number of nitro benzene ring substituents is 1. The Morgan fingerprint density at radius 1 is 1.44 bits per heavy atom. The van der Waals surface area contributed by atoms with Crippen molar-refractivity contribution in [2.24, 2.45) is 0 Å². The molecule has 0 bridgehead atoms. The second-order valence-corrected chi connectivity index (χ2v) is 4.97. The van der Waals surface area contributed by atoms with E-state index in [9.17, 15) is 10.1 Å². The van der Waals surface area contributed by atoms with Gasteiger partial charge in [0.25, 0.3) is 5.69 Å². The molecule has 1 aromatic heterocycles. The number of nitro groups is 1. The summed E-state index contributed by atoms with van der Waals surface area (Å²) in [7, 11) is 1.91. The van der Waals surface area contributed by atoms with E-state index in [4.69, 9.17) is 5.73 Å². The molecule has 0 aliphatic heterocycles. The van der Waals surface area contributed by atoms with Crippen LogP contribution in [0.3, 0.4) is 0 Å². The minimum atomic E-state index is -0.445. The molecule has 0 unspecified atom stereocenters. The molecule has 2 rings (SSSR count). The third-order valence-electron chi connectivity index (χ3n) is 2.61. The molecule has 94 valence electrons. The van der Waals surface area contributed by atoms with Crippen molar-refractivity contribution in [3.8, 4) is 0 Å². The highest BCUT2D eigenvalue weighted by Crippen LogP contribution is 2.28. The lowest BCUT2D eigenvalue weighted by Gasteiger charge is -2.20. The van der Waals surface area contributed by atoms with Crippen LogP contribution in [-0.4, -0.2) is 12.0 Å². The third-order valence-corrected chi connectivity index (χ3v) is 3.47. The van der Waals surface area contributed by atoms with Gasteiger partial charge < -0.3 is 10.6 Å². The molecule has 5 nitrogen and oxygen atoms in total. The van der Waals surface area contributed by atoms with Crippen LogP contribution in [0.15, 0.2) is 35.7 Å². The summed E-state index contributed by atoms with van der Waals surface area (Å²) in [5.74, 6) is 0. The number of nitrogen functional groups attached to an aromatic ring is 1. The Morgan fingerprint density at radius 3 is 2.78 bits per heavy atom. The van der Waals surface area contributed by atoms with Crippen LogP contribution in [-0.2, 0) is 6.54 Å². The Labute approximate surface area is 109 Å². The average molecular weight is 263 g/mol. The van der Waals surface area contributed by atoms with Gasteiger partial charge in [0.05, 0.1) is 22.8 Å². The van der Waals surface area contributed by atoms with E-state index in [1.807, 2.05) is 29.5 Å². The zero-order valence-corrected chi connectivity index (χ0v) is 10.7. The van der Waals surface area contributed by atoms with E-state index in [-0.39, 0.29) is 5.69 Å². The zero-order chi connectivity index (χ0) is 13.1. The topological polar surface area (TPSA) is 72.4 Å². The van der Waals surface area contributed by atoms with Crippen molar-refractivity contribution < 1.29 is 4.92 Å². The van der Waals surface area contributed by atoms with E-state index < -0.39 is 4.92 Å². The van der Waals surface area contributed by atoms with Crippen molar-refractivity contribution in [3.63, 3.8) is 0 Å². The van der Waals surface area contributed by atoms with Crippen LogP contribution in [0.5, 0.6) is 0 Å². The maximum absolute atomic E-state index is 10.6. The van der Waals surface area contributed by atoms with Gasteiger partial charge in [-0.1, -0.05) is 6.07 Å². The first kappa shape index (κ1) is 12.4. The van der Waals surface area contributed by atoms with Crippen molar-refractivity contribution >= 4 is 28.4 Å². The lowest BCUT2D eigenvalue weighted by atomic mass is 10.2. The van der Waals surface area contributed by atoms with Crippen LogP contribution >= 0.6 is 11.3 Å². The van der Waals surface area contributed by atoms with Gasteiger partial charge in [-0.3, -0.25) is 10.1 Å². The molecule has 0 saturated carbocycles. The van der Waals surface area contributed by atoms with Gasteiger partial charge in [0.2, 0.25) is 0 Å². The lowest BCUT2D eigenvalue weighted by molar-refractivity contribution is -0.384. The van der Waals surface area contributed by atoms with E-state index in [1.165, 1.54) is 17.0 Å². The summed E-state index contributed by atoms with van der Waals surface area (Å²) in [5, 5.41) is 12.6. The normalized spacial score (nSPS) is 10.3. The minimum absolute atomic E-state index is 0.0146. The average Bonchev–Trinajstić information content (AvgIpc) is 2.81. The van der Waals surface area contributed by atoms with E-state index in [2.05, 4.69) is 0 Å². The monoisotopic (exact) mass is 263 g/mol. The molecule has 0 saturated heterocycles. The molecule has 0 fully saturated rings. The van der Waals surface area contributed by atoms with Crippen LogP contribution in [0.4, 0.5) is 17.1 Å². The molecular formula is C12H13N3O2S. The van der Waals surface area contributed by atoms with Crippen LogP contribution < -0.4 is 10.6 Å². The first-order valence-electron chi connectivity index (χ1n) is 5.35. The molecule has 0 atom stereocenters. The third kappa shape index (κ3) is 2.60. The maximum Gasteiger partial charge on any atom is 0.271 e. The van der Waals surface area contributed by atoms with Crippen molar-refractivity contribution in [1.29, 1.82) is 0 Å². The highest BCUT2D eigenvalue weighted by Gasteiger charge is 2.11. The quantitative estimate of drug-likeness (QED) is 0.523. The highest BCUT2D eigenvalue weighted by molar-refractivity contribution is 7.09. The number of non-ortho nitro benzene ring substituents is 1. The van der Waals surface area contributed by atoms with Gasteiger partial charge in [0, 0.05) is 24.1 Å². The predicted octanol–water partition coefficient (Wildman–Crippen LogP) is 2.87. The first-order chi connectivity index (χ1) is 8.58. The molecule has 0 amide bonds. The van der Waals surface area contributed by atoms with Crippen LogP contribution in [0.2, 0.25) is 0 Å². The number of nitrogens with two attached hydrogens (primary N) is 1. The fourth-order valence-corrected chi connectivity index (χ4v) is 2.48. The second-order valence-electron chi connectivity index (χ2n) is 3.94. The van der Waals surface area contributed by atoms with Gasteiger partial charge in [-0.25, -0.2) is 0 Å². The molecule has 1 aromatic carbocycles. The molecule has 0 radical (unpaired) electrons. The fourth-order valence-electron chi connectivity index (χ4n) is 1.72. The van der Waals surface area contributed by atoms with Gasteiger partial charge in [-0.05, 0) is 17.5 Å². The molecule has 0 spiro atoms. The lowest BCUT2D eigenvalue weighted by Crippen LogP contribution is -2.17. The number of benzene rings is 1. The molecule has 2 aromatic rings. The van der Waals surface area contributed by atoms with Gasteiger partial charge in [0.1, 0.15) is 0 Å².